The van der Waals surface area contributed by atoms with Gasteiger partial charge in [-0.3, -0.25) is 4.98 Å². The lowest BCUT2D eigenvalue weighted by Crippen LogP contribution is -2.44. The Morgan fingerprint density at radius 3 is 2.52 bits per heavy atom. The number of rotatable bonds is 10. The average Bonchev–Trinajstić information content (AvgIpc) is 2.84. The van der Waals surface area contributed by atoms with E-state index in [1.807, 2.05) is 37.4 Å². The van der Waals surface area contributed by atoms with Gasteiger partial charge in [-0.25, -0.2) is 0 Å². The van der Waals surface area contributed by atoms with Gasteiger partial charge in [0.25, 0.3) is 0 Å². The number of ether oxygens (including phenoxy) is 2. The number of nitrogens with one attached hydrogen (secondary N) is 1. The molecule has 6 heteroatoms. The number of hydrogen-bond acceptors (Lipinski definition) is 6. The maximum atomic E-state index is 6.27. The monoisotopic (exact) mass is 448 g/mol. The minimum absolute atomic E-state index is 0.725. The van der Waals surface area contributed by atoms with E-state index in [9.17, 15) is 0 Å². The van der Waals surface area contributed by atoms with Crippen LogP contribution in [0.3, 0.4) is 0 Å². The Labute approximate surface area is 197 Å². The first-order chi connectivity index (χ1) is 16.2. The molecule has 0 radical (unpaired) electrons. The number of pyridine rings is 1. The summed E-state index contributed by atoms with van der Waals surface area (Å²) in [5.74, 6) is 2.57. The first-order valence-corrected chi connectivity index (χ1v) is 12.1. The van der Waals surface area contributed by atoms with Gasteiger partial charge in [0.1, 0.15) is 17.2 Å². The quantitative estimate of drug-likeness (QED) is 0.439. The normalized spacial score (nSPS) is 15.0. The van der Waals surface area contributed by atoms with Crippen molar-refractivity contribution in [3.05, 3.63) is 54.2 Å². The lowest BCUT2D eigenvalue weighted by molar-refractivity contribution is 0.145. The van der Waals surface area contributed by atoms with E-state index < -0.39 is 0 Å². The number of benzene rings is 2. The number of hydrogen-bond donors (Lipinski definition) is 1. The molecule has 2 aromatic carbocycles. The number of fused-ring (bicyclic) bond motifs is 1. The van der Waals surface area contributed by atoms with Gasteiger partial charge in [-0.05, 0) is 61.9 Å². The van der Waals surface area contributed by atoms with Crippen LogP contribution >= 0.6 is 0 Å². The highest BCUT2D eigenvalue weighted by Gasteiger charge is 2.14. The van der Waals surface area contributed by atoms with Crippen molar-refractivity contribution in [2.24, 2.45) is 0 Å². The molecule has 1 aliphatic heterocycles. The summed E-state index contributed by atoms with van der Waals surface area (Å²) in [6, 6.07) is 14.2. The highest BCUT2D eigenvalue weighted by atomic mass is 16.5. The molecule has 1 saturated heterocycles. The Morgan fingerprint density at radius 1 is 1.00 bits per heavy atom. The van der Waals surface area contributed by atoms with Gasteiger partial charge in [-0.1, -0.05) is 13.3 Å². The zero-order valence-electron chi connectivity index (χ0n) is 20.1. The van der Waals surface area contributed by atoms with E-state index in [-0.39, 0.29) is 0 Å². The van der Waals surface area contributed by atoms with Gasteiger partial charge in [0, 0.05) is 63.1 Å². The summed E-state index contributed by atoms with van der Waals surface area (Å²) in [6.07, 6.45) is 4.86. The fourth-order valence-electron chi connectivity index (χ4n) is 4.24. The maximum absolute atomic E-state index is 6.27. The molecule has 0 bridgehead atoms. The van der Waals surface area contributed by atoms with Crippen molar-refractivity contribution >= 4 is 16.6 Å². The summed E-state index contributed by atoms with van der Waals surface area (Å²) in [4.78, 5) is 9.52. The molecule has 0 aliphatic carbocycles. The zero-order chi connectivity index (χ0) is 23.0. The van der Waals surface area contributed by atoms with Crippen molar-refractivity contribution in [1.82, 2.24) is 14.8 Å². The van der Waals surface area contributed by atoms with Gasteiger partial charge < -0.3 is 24.6 Å². The van der Waals surface area contributed by atoms with Crippen molar-refractivity contribution in [3.8, 4) is 17.2 Å². The second-order valence-corrected chi connectivity index (χ2v) is 8.76. The summed E-state index contributed by atoms with van der Waals surface area (Å²) in [5, 5.41) is 4.15. The van der Waals surface area contributed by atoms with Gasteiger partial charge in [-0.15, -0.1) is 0 Å². The molecule has 33 heavy (non-hydrogen) atoms. The van der Waals surface area contributed by atoms with Crippen LogP contribution in [0, 0.1) is 0 Å². The maximum Gasteiger partial charge on any atom is 0.138 e. The first-order valence-electron chi connectivity index (χ1n) is 12.1. The predicted molar refractivity (Wildman–Crippen MR) is 136 cm³/mol. The molecule has 4 rings (SSSR count). The Morgan fingerprint density at radius 2 is 1.79 bits per heavy atom. The van der Waals surface area contributed by atoms with E-state index in [1.165, 1.54) is 5.56 Å². The molecule has 0 amide bonds. The molecular weight excluding hydrogens is 412 g/mol. The van der Waals surface area contributed by atoms with Gasteiger partial charge in [0.05, 0.1) is 12.1 Å². The topological polar surface area (TPSA) is 49.9 Å². The predicted octanol–water partition coefficient (Wildman–Crippen LogP) is 5.04. The molecule has 1 N–H and O–H groups in total. The molecule has 1 fully saturated rings. The van der Waals surface area contributed by atoms with Crippen LogP contribution in [0.4, 0.5) is 5.69 Å². The largest absolute Gasteiger partial charge is 0.493 e. The van der Waals surface area contributed by atoms with E-state index in [4.69, 9.17) is 9.47 Å². The third kappa shape index (κ3) is 6.15. The average molecular weight is 449 g/mol. The van der Waals surface area contributed by atoms with Gasteiger partial charge in [0.2, 0.25) is 0 Å². The third-order valence-corrected chi connectivity index (χ3v) is 6.25. The van der Waals surface area contributed by atoms with Crippen LogP contribution in [-0.2, 0) is 6.42 Å². The molecule has 0 atom stereocenters. The van der Waals surface area contributed by atoms with Crippen LogP contribution in [0.2, 0.25) is 0 Å². The van der Waals surface area contributed by atoms with Crippen molar-refractivity contribution in [1.29, 1.82) is 0 Å². The van der Waals surface area contributed by atoms with Crippen molar-refractivity contribution < 1.29 is 9.47 Å². The van der Waals surface area contributed by atoms with Crippen LogP contribution in [0.1, 0.15) is 25.3 Å². The summed E-state index contributed by atoms with van der Waals surface area (Å²) in [5.41, 5.74) is 3.17. The van der Waals surface area contributed by atoms with E-state index in [0.29, 0.717) is 0 Å². The second-order valence-electron chi connectivity index (χ2n) is 8.76. The van der Waals surface area contributed by atoms with Crippen molar-refractivity contribution in [3.63, 3.8) is 0 Å². The fourth-order valence-corrected chi connectivity index (χ4v) is 4.24. The molecule has 0 saturated carbocycles. The summed E-state index contributed by atoms with van der Waals surface area (Å²) >= 11 is 0. The third-order valence-electron chi connectivity index (χ3n) is 6.25. The molecule has 1 aliphatic rings. The lowest BCUT2D eigenvalue weighted by Gasteiger charge is -2.32. The molecule has 176 valence electrons. The molecule has 1 aromatic heterocycles. The second kappa shape index (κ2) is 11.3. The number of nitrogens with zero attached hydrogens (tertiary/aromatic N) is 3. The van der Waals surface area contributed by atoms with Gasteiger partial charge in [0.15, 0.2) is 0 Å². The molecule has 2 heterocycles. The van der Waals surface area contributed by atoms with E-state index in [1.54, 1.807) is 6.20 Å². The highest BCUT2D eigenvalue weighted by Crippen LogP contribution is 2.34. The minimum Gasteiger partial charge on any atom is -0.493 e. The molecule has 0 spiro atoms. The van der Waals surface area contributed by atoms with Crippen LogP contribution in [0.25, 0.3) is 10.9 Å². The number of piperazine rings is 1. The zero-order valence-corrected chi connectivity index (χ0v) is 20.1. The Bertz CT molecular complexity index is 1030. The lowest BCUT2D eigenvalue weighted by atomic mass is 10.0. The van der Waals surface area contributed by atoms with Crippen LogP contribution in [0.15, 0.2) is 48.7 Å². The molecule has 3 aromatic rings. The highest BCUT2D eigenvalue weighted by molar-refractivity contribution is 5.87. The SMILES string of the molecule is CCCc1cc2c(Oc3ccc(NC)cc3)ccnc2cc1OCCCN1CCN(C)CC1. The summed E-state index contributed by atoms with van der Waals surface area (Å²) < 4.78 is 12.5. The van der Waals surface area contributed by atoms with Crippen molar-refractivity contribution in [2.45, 2.75) is 26.2 Å². The molecule has 6 nitrogen and oxygen atoms in total. The minimum atomic E-state index is 0.725. The standard InChI is InChI=1S/C27H36N4O2/c1-4-6-21-19-24-25(20-27(21)32-18-5-13-31-16-14-30(3)15-17-31)29-12-11-26(24)33-23-9-7-22(28-2)8-10-23/h7-12,19-20,28H,4-6,13-18H2,1-3H3. The Balaban J connectivity index is 1.46. The summed E-state index contributed by atoms with van der Waals surface area (Å²) in [6.45, 7) is 8.63. The van der Waals surface area contributed by atoms with Crippen LogP contribution < -0.4 is 14.8 Å². The van der Waals surface area contributed by atoms with Crippen molar-refractivity contribution in [2.75, 3.05) is 58.7 Å². The Hall–Kier alpha value is -2.83. The van der Waals surface area contributed by atoms with E-state index >= 15 is 0 Å². The number of likely N-dealkylation sites (N-methyl/N-ethyl adjacent to an activating group) is 1. The molecule has 0 unspecified atom stereocenters. The van der Waals surface area contributed by atoms with Crippen LogP contribution in [0.5, 0.6) is 17.2 Å². The smallest absolute Gasteiger partial charge is 0.138 e. The van der Waals surface area contributed by atoms with E-state index in [2.05, 4.69) is 46.2 Å². The number of aryl methyl sites for hydroxylation is 1. The fraction of sp³-hybridized carbons (Fsp3) is 0.444. The summed E-state index contributed by atoms with van der Waals surface area (Å²) in [7, 11) is 4.10. The molecular formula is C27H36N4O2. The Kier molecular flexibility index (Phi) is 8.02. The van der Waals surface area contributed by atoms with Crippen LogP contribution in [-0.4, -0.2) is 68.2 Å². The van der Waals surface area contributed by atoms with Gasteiger partial charge in [-0.2, -0.15) is 0 Å². The van der Waals surface area contributed by atoms with Gasteiger partial charge >= 0.3 is 0 Å². The first kappa shape index (κ1) is 23.3. The van der Waals surface area contributed by atoms with E-state index in [0.717, 1.165) is 92.4 Å². The number of anilines is 1. The number of aromatic nitrogens is 1.